The van der Waals surface area contributed by atoms with Gasteiger partial charge in [0.15, 0.2) is 6.61 Å². The molecule has 0 unspecified atom stereocenters. The average Bonchev–Trinajstić information content (AvgIpc) is 2.92. The number of ether oxygens (including phenoxy) is 1. The molecule has 0 fully saturated rings. The molecule has 226 valence electrons. The zero-order chi connectivity index (χ0) is 30.4. The topological polar surface area (TPSA) is 133 Å². The van der Waals surface area contributed by atoms with E-state index in [-0.39, 0.29) is 18.7 Å². The molecule has 0 aliphatic carbocycles. The predicted octanol–water partition coefficient (Wildman–Crippen LogP) is 5.10. The quantitative estimate of drug-likeness (QED) is 0.167. The highest BCUT2D eigenvalue weighted by Crippen LogP contribution is 2.34. The zero-order valence-corrected chi connectivity index (χ0v) is 25.1. The number of hydrogen-bond donors (Lipinski definition) is 3. The molecule has 1 atom stereocenters. The number of rotatable bonds is 17. The number of unbranched alkanes of at least 4 members (excludes halogenated alkanes) is 2. The van der Waals surface area contributed by atoms with Gasteiger partial charge in [0.05, 0.1) is 12.6 Å². The van der Waals surface area contributed by atoms with Gasteiger partial charge in [-0.05, 0) is 48.6 Å². The summed E-state index contributed by atoms with van der Waals surface area (Å²) in [6.07, 6.45) is 2.40. The van der Waals surface area contributed by atoms with E-state index in [1.807, 2.05) is 13.8 Å². The van der Waals surface area contributed by atoms with Crippen molar-refractivity contribution in [2.45, 2.75) is 64.8 Å². The summed E-state index contributed by atoms with van der Waals surface area (Å²) in [6.45, 7) is 4.81. The Morgan fingerprint density at radius 2 is 1.68 bits per heavy atom. The number of nitrogens with one attached hydrogen (secondary N) is 1. The lowest BCUT2D eigenvalue weighted by molar-refractivity contribution is -0.152. The van der Waals surface area contributed by atoms with Crippen LogP contribution in [0.2, 0.25) is 5.02 Å². The Hall–Kier alpha value is -2.78. The minimum atomic E-state index is -4.38. The Balaban J connectivity index is 2.09. The van der Waals surface area contributed by atoms with Gasteiger partial charge in [-0.3, -0.25) is 18.9 Å². The van der Waals surface area contributed by atoms with Gasteiger partial charge in [-0.2, -0.15) is 0 Å². The van der Waals surface area contributed by atoms with Crippen molar-refractivity contribution in [3.63, 3.8) is 0 Å². The number of esters is 1. The number of carbonyl (C=O) groups is 3. The van der Waals surface area contributed by atoms with Gasteiger partial charge in [0.25, 0.3) is 5.91 Å². The Kier molecular flexibility index (Phi) is 14.5. The van der Waals surface area contributed by atoms with Gasteiger partial charge in [-0.15, -0.1) is 0 Å². The lowest BCUT2D eigenvalue weighted by Gasteiger charge is -2.23. The van der Waals surface area contributed by atoms with Crippen LogP contribution in [0.3, 0.4) is 0 Å². The van der Waals surface area contributed by atoms with E-state index < -0.39 is 50.5 Å². The van der Waals surface area contributed by atoms with Crippen LogP contribution in [-0.2, 0) is 30.1 Å². The monoisotopic (exact) mass is 612 g/mol. The molecule has 41 heavy (non-hydrogen) atoms. The van der Waals surface area contributed by atoms with Crippen LogP contribution in [0.4, 0.5) is 4.39 Å². The third-order valence-corrected chi connectivity index (χ3v) is 7.40. The van der Waals surface area contributed by atoms with Crippen LogP contribution < -0.4 is 5.32 Å². The van der Waals surface area contributed by atoms with Crippen molar-refractivity contribution in [2.75, 3.05) is 25.9 Å². The maximum atomic E-state index is 14.3. The number of amides is 2. The minimum absolute atomic E-state index is 0.183. The van der Waals surface area contributed by atoms with Crippen molar-refractivity contribution in [3.8, 4) is 11.1 Å². The second kappa shape index (κ2) is 17.2. The minimum Gasteiger partial charge on any atom is -0.456 e. The maximum Gasteiger partial charge on any atom is 0.326 e. The largest absolute Gasteiger partial charge is 0.456 e. The first kappa shape index (κ1) is 34.4. The summed E-state index contributed by atoms with van der Waals surface area (Å²) in [6, 6.07) is 10.3. The van der Waals surface area contributed by atoms with Gasteiger partial charge < -0.3 is 24.7 Å². The molecule has 2 aromatic rings. The number of benzene rings is 2. The van der Waals surface area contributed by atoms with Crippen molar-refractivity contribution >= 4 is 37.0 Å². The fourth-order valence-electron chi connectivity index (χ4n) is 4.10. The summed E-state index contributed by atoms with van der Waals surface area (Å²) >= 11 is 6.00. The first-order valence-corrected chi connectivity index (χ1v) is 15.9. The van der Waals surface area contributed by atoms with Gasteiger partial charge in [-0.25, -0.2) is 4.39 Å². The number of hydrogen-bond acceptors (Lipinski definition) is 5. The van der Waals surface area contributed by atoms with Crippen LogP contribution in [0.5, 0.6) is 0 Å². The lowest BCUT2D eigenvalue weighted by Crippen LogP contribution is -2.40. The molecule has 0 aromatic heterocycles. The molecule has 9 nitrogen and oxygen atoms in total. The molecule has 0 saturated heterocycles. The van der Waals surface area contributed by atoms with Gasteiger partial charge >= 0.3 is 13.6 Å². The third-order valence-electron chi connectivity index (χ3n) is 6.36. The molecule has 2 rings (SSSR count). The Labute approximate surface area is 245 Å². The molecule has 2 amide bonds. The van der Waals surface area contributed by atoms with Crippen molar-refractivity contribution in [2.24, 2.45) is 0 Å². The Morgan fingerprint density at radius 3 is 2.27 bits per heavy atom. The molecule has 0 spiro atoms. The lowest BCUT2D eigenvalue weighted by atomic mass is 9.99. The normalized spacial score (nSPS) is 12.0. The summed E-state index contributed by atoms with van der Waals surface area (Å²) in [7, 11) is -4.38. The number of halogens is 2. The summed E-state index contributed by atoms with van der Waals surface area (Å²) < 4.78 is 30.7. The molecule has 0 aliphatic rings. The van der Waals surface area contributed by atoms with E-state index in [1.54, 1.807) is 29.2 Å². The van der Waals surface area contributed by atoms with Crippen molar-refractivity contribution in [1.29, 1.82) is 0 Å². The smallest absolute Gasteiger partial charge is 0.326 e. The zero-order valence-electron chi connectivity index (χ0n) is 23.5. The Bertz CT molecular complexity index is 1200. The van der Waals surface area contributed by atoms with Gasteiger partial charge in [0, 0.05) is 36.1 Å². The van der Waals surface area contributed by atoms with Crippen LogP contribution in [-0.4, -0.2) is 64.4 Å². The fraction of sp³-hybridized carbons (Fsp3) is 0.483. The van der Waals surface area contributed by atoms with Gasteiger partial charge in [0.2, 0.25) is 5.91 Å². The SMILES string of the molecule is CCCCN(CCCC)C(=O)COC(=O)C[C@@H](Cc1ccc(-c2cc(Cl)ccc2F)cc1)NC(=O)CCP(=O)(O)O. The van der Waals surface area contributed by atoms with Crippen LogP contribution in [0.15, 0.2) is 42.5 Å². The van der Waals surface area contributed by atoms with Crippen molar-refractivity contribution in [3.05, 3.63) is 58.9 Å². The summed E-state index contributed by atoms with van der Waals surface area (Å²) in [5, 5.41) is 3.03. The van der Waals surface area contributed by atoms with Gasteiger partial charge in [0.1, 0.15) is 5.82 Å². The summed E-state index contributed by atoms with van der Waals surface area (Å²) in [5.74, 6) is -2.05. The van der Waals surface area contributed by atoms with E-state index in [1.165, 1.54) is 18.2 Å². The molecule has 0 saturated carbocycles. The molecule has 0 bridgehead atoms. The molecule has 0 radical (unpaired) electrons. The summed E-state index contributed by atoms with van der Waals surface area (Å²) in [5.41, 5.74) is 1.63. The van der Waals surface area contributed by atoms with Crippen LogP contribution in [0.1, 0.15) is 57.9 Å². The van der Waals surface area contributed by atoms with E-state index in [4.69, 9.17) is 26.1 Å². The van der Waals surface area contributed by atoms with Crippen LogP contribution in [0.25, 0.3) is 11.1 Å². The number of nitrogens with zero attached hydrogens (tertiary/aromatic N) is 1. The van der Waals surface area contributed by atoms with E-state index in [0.717, 1.165) is 25.7 Å². The van der Waals surface area contributed by atoms with Crippen LogP contribution in [0, 0.1) is 5.82 Å². The van der Waals surface area contributed by atoms with Gasteiger partial charge in [-0.1, -0.05) is 62.6 Å². The number of carbonyl (C=O) groups excluding carboxylic acids is 3. The highest BCUT2D eigenvalue weighted by molar-refractivity contribution is 7.51. The van der Waals surface area contributed by atoms with E-state index in [2.05, 4.69) is 5.32 Å². The standard InChI is InChI=1S/C29H39ClFN2O7P/c1-3-5-14-33(15-6-4-2)28(35)20-40-29(36)19-24(32-27(34)13-16-41(37,38)39)17-21-7-9-22(10-8-21)25-18-23(30)11-12-26(25)31/h7-12,18,24H,3-6,13-17,19-20H2,1-2H3,(H,32,34)(H2,37,38,39)/t24-/m1/s1. The first-order chi connectivity index (χ1) is 19.4. The fourth-order valence-corrected chi connectivity index (χ4v) is 4.76. The molecular weight excluding hydrogens is 574 g/mol. The van der Waals surface area contributed by atoms with E-state index in [9.17, 15) is 23.3 Å². The molecule has 0 heterocycles. The second-order valence-electron chi connectivity index (χ2n) is 9.88. The first-order valence-electron chi connectivity index (χ1n) is 13.7. The molecular formula is C29H39ClFN2O7P. The van der Waals surface area contributed by atoms with E-state index >= 15 is 0 Å². The molecule has 12 heteroatoms. The third kappa shape index (κ3) is 13.2. The van der Waals surface area contributed by atoms with Crippen LogP contribution >= 0.6 is 19.2 Å². The molecule has 0 aliphatic heterocycles. The van der Waals surface area contributed by atoms with Crippen molar-refractivity contribution in [1.82, 2.24) is 10.2 Å². The maximum absolute atomic E-state index is 14.3. The average molecular weight is 613 g/mol. The Morgan fingerprint density at radius 1 is 1.05 bits per heavy atom. The second-order valence-corrected chi connectivity index (χ2v) is 12.1. The predicted molar refractivity (Wildman–Crippen MR) is 156 cm³/mol. The highest BCUT2D eigenvalue weighted by Gasteiger charge is 2.22. The highest BCUT2D eigenvalue weighted by atomic mass is 35.5. The van der Waals surface area contributed by atoms with Crippen molar-refractivity contribution < 1.29 is 37.9 Å². The summed E-state index contributed by atoms with van der Waals surface area (Å²) in [4.78, 5) is 57.6. The molecule has 2 aromatic carbocycles. The molecule has 3 N–H and O–H groups in total. The van der Waals surface area contributed by atoms with E-state index in [0.29, 0.717) is 34.8 Å².